The van der Waals surface area contributed by atoms with Crippen LogP contribution in [0.3, 0.4) is 0 Å². The highest BCUT2D eigenvalue weighted by molar-refractivity contribution is 6.12. The first-order chi connectivity index (χ1) is 23.6. The van der Waals surface area contributed by atoms with Gasteiger partial charge in [0.25, 0.3) is 0 Å². The number of hydrogen-bond acceptors (Lipinski definition) is 5. The zero-order valence-corrected chi connectivity index (χ0v) is 31.4. The van der Waals surface area contributed by atoms with Crippen molar-refractivity contribution < 1.29 is 24.4 Å². The van der Waals surface area contributed by atoms with Crippen LogP contribution in [-0.4, -0.2) is 39.0 Å². The van der Waals surface area contributed by atoms with Gasteiger partial charge < -0.3 is 9.13 Å². The second kappa shape index (κ2) is 13.3. The van der Waals surface area contributed by atoms with Crippen LogP contribution in [0.4, 0.5) is 0 Å². The largest absolute Gasteiger partial charge is 0.477 e. The Balaban J connectivity index is 0.880. The highest BCUT2D eigenvalue weighted by Crippen LogP contribution is 2.70. The van der Waals surface area contributed by atoms with E-state index in [1.165, 1.54) is 0 Å². The van der Waals surface area contributed by atoms with Gasteiger partial charge in [0.2, 0.25) is 0 Å². The molecule has 2 heterocycles. The molecule has 0 N–H and O–H groups in total. The molecular weight excluding hydrogens is 626 g/mol. The molecule has 6 rings (SSSR count). The maximum Gasteiger partial charge on any atom is 0.477 e. The first kappa shape index (κ1) is 35.9. The van der Waals surface area contributed by atoms with Gasteiger partial charge >= 0.3 is 5.09 Å². The summed E-state index contributed by atoms with van der Waals surface area (Å²) in [6.45, 7) is 19.7. The normalized spacial score (nSPS) is 18.7. The van der Waals surface area contributed by atoms with Crippen molar-refractivity contribution in [3.63, 3.8) is 0 Å². The zero-order valence-electron chi connectivity index (χ0n) is 31.4. The lowest BCUT2D eigenvalue weighted by atomic mass is 10.0. The summed E-state index contributed by atoms with van der Waals surface area (Å²) >= 11 is 0. The average molecular weight is 683 g/mol. The van der Waals surface area contributed by atoms with Gasteiger partial charge in [-0.1, -0.05) is 91.8 Å². The van der Waals surface area contributed by atoms with E-state index in [4.69, 9.17) is 9.68 Å². The number of nitrogens with zero attached hydrogens (tertiary/aromatic N) is 3. The Morgan fingerprint density at radius 1 is 0.580 bits per heavy atom. The molecule has 50 heavy (non-hydrogen) atoms. The van der Waals surface area contributed by atoms with E-state index in [0.29, 0.717) is 13.2 Å². The monoisotopic (exact) mass is 682 g/mol. The first-order valence-corrected chi connectivity index (χ1v) is 18.6. The van der Waals surface area contributed by atoms with Gasteiger partial charge in [-0.05, 0) is 72.3 Å². The molecule has 2 fully saturated rings. The summed E-state index contributed by atoms with van der Waals surface area (Å²) in [6.07, 6.45) is 9.17. The van der Waals surface area contributed by atoms with Crippen molar-refractivity contribution >= 4 is 33.4 Å². The van der Waals surface area contributed by atoms with Crippen LogP contribution in [0.2, 0.25) is 0 Å². The van der Waals surface area contributed by atoms with Crippen molar-refractivity contribution in [1.82, 2.24) is 9.13 Å². The van der Waals surface area contributed by atoms with E-state index in [9.17, 15) is 14.5 Å². The van der Waals surface area contributed by atoms with E-state index in [2.05, 4.69) is 88.8 Å². The molecule has 2 aliphatic rings. The average Bonchev–Trinajstić information content (AvgIpc) is 3.43. The fraction of sp³-hybridized carbons (Fsp3) is 0.571. The standard InChI is InChI=1S/C42H56N3O5/c1-39(2)37(40(39,3)4)35(46)31-27-43(33-21-13-11-19-29(31)33)23-15-9-17-25-49-45(48)50-26-18-10-16-24-44-28-32(30-20-12-14-22-34(30)44)36(47)38-41(5,6)42(38,7)8/h11-14,19-22,27-28,37-38H,9-10,15-18,23-26H2,1-8H3/q+1. The smallest absolute Gasteiger partial charge is 0.347 e. The van der Waals surface area contributed by atoms with Crippen LogP contribution >= 0.6 is 0 Å². The Kier molecular flexibility index (Phi) is 9.55. The Labute approximate surface area is 297 Å². The number of ketones is 2. The lowest BCUT2D eigenvalue weighted by molar-refractivity contribution is -0.981. The number of unbranched alkanes of at least 4 members (excludes halogenated alkanes) is 4. The molecule has 0 atom stereocenters. The number of benzene rings is 2. The Morgan fingerprint density at radius 3 is 1.30 bits per heavy atom. The molecule has 2 aromatic heterocycles. The molecular formula is C42H56N3O5+. The lowest BCUT2D eigenvalue weighted by Crippen LogP contribution is -2.12. The quantitative estimate of drug-likeness (QED) is 0.0593. The molecule has 0 amide bonds. The summed E-state index contributed by atoms with van der Waals surface area (Å²) in [5.74, 6) is 0.566. The number of hydrogen-bond donors (Lipinski definition) is 0. The van der Waals surface area contributed by atoms with Crippen LogP contribution in [-0.2, 0) is 22.8 Å². The summed E-state index contributed by atoms with van der Waals surface area (Å²) in [4.78, 5) is 49.7. The van der Waals surface area contributed by atoms with Gasteiger partial charge in [0, 0.05) is 70.3 Å². The molecule has 8 nitrogen and oxygen atoms in total. The van der Waals surface area contributed by atoms with Gasteiger partial charge in [0.05, 0.1) is 0 Å². The molecule has 0 bridgehead atoms. The van der Waals surface area contributed by atoms with Gasteiger partial charge in [-0.3, -0.25) is 9.59 Å². The van der Waals surface area contributed by atoms with Crippen LogP contribution in [0.5, 0.6) is 0 Å². The maximum absolute atomic E-state index is 13.6. The van der Waals surface area contributed by atoms with Crippen molar-refractivity contribution in [1.29, 1.82) is 0 Å². The van der Waals surface area contributed by atoms with E-state index >= 15 is 0 Å². The van der Waals surface area contributed by atoms with Crippen LogP contribution in [0, 0.1) is 38.4 Å². The summed E-state index contributed by atoms with van der Waals surface area (Å²) in [7, 11) is 0. The molecule has 0 unspecified atom stereocenters. The van der Waals surface area contributed by atoms with Crippen LogP contribution in [0.25, 0.3) is 21.8 Å². The number of para-hydroxylation sites is 2. The van der Waals surface area contributed by atoms with Gasteiger partial charge in [0.15, 0.2) is 24.8 Å². The highest BCUT2D eigenvalue weighted by Gasteiger charge is 2.68. The second-order valence-corrected chi connectivity index (χ2v) is 17.0. The Hall–Kier alpha value is -3.94. The lowest BCUT2D eigenvalue weighted by Gasteiger charge is -2.05. The first-order valence-electron chi connectivity index (χ1n) is 18.6. The molecule has 268 valence electrons. The number of aromatic nitrogens is 2. The van der Waals surface area contributed by atoms with Crippen molar-refractivity contribution in [2.24, 2.45) is 33.5 Å². The minimum absolute atomic E-state index is 0.00431. The fourth-order valence-corrected chi connectivity index (χ4v) is 8.71. The van der Waals surface area contributed by atoms with Crippen molar-refractivity contribution in [3.8, 4) is 0 Å². The zero-order chi connectivity index (χ0) is 36.1. The molecule has 8 heteroatoms. The fourth-order valence-electron chi connectivity index (χ4n) is 8.71. The number of carbonyl (C=O) groups excluding carboxylic acids is 2. The Bertz CT molecular complexity index is 1740. The number of fused-ring (bicyclic) bond motifs is 2. The predicted molar refractivity (Wildman–Crippen MR) is 198 cm³/mol. The minimum atomic E-state index is 0.00431. The number of Topliss-reactive ketones (excluding diaryl/α,β-unsaturated/α-hetero) is 2. The second-order valence-electron chi connectivity index (χ2n) is 17.0. The van der Waals surface area contributed by atoms with E-state index in [-0.39, 0.29) is 50.1 Å². The van der Waals surface area contributed by atoms with E-state index < -0.39 is 0 Å². The van der Waals surface area contributed by atoms with Gasteiger partial charge in [-0.25, -0.2) is 0 Å². The molecule has 2 saturated carbocycles. The van der Waals surface area contributed by atoms with E-state index in [0.717, 1.165) is 84.5 Å². The third-order valence-corrected chi connectivity index (χ3v) is 13.2. The summed E-state index contributed by atoms with van der Waals surface area (Å²) in [5, 5.41) is 2.30. The van der Waals surface area contributed by atoms with Gasteiger partial charge in [-0.2, -0.15) is 9.68 Å². The molecule has 0 aliphatic heterocycles. The summed E-state index contributed by atoms with van der Waals surface area (Å²) < 4.78 is 4.39. The third kappa shape index (κ3) is 6.28. The molecule has 0 radical (unpaired) electrons. The van der Waals surface area contributed by atoms with Gasteiger partial charge in [-0.15, -0.1) is 0 Å². The van der Waals surface area contributed by atoms with Crippen molar-refractivity contribution in [2.75, 3.05) is 13.2 Å². The Morgan fingerprint density at radius 2 is 0.940 bits per heavy atom. The van der Waals surface area contributed by atoms with Crippen molar-refractivity contribution in [2.45, 2.75) is 107 Å². The number of rotatable bonds is 18. The maximum atomic E-state index is 13.6. The van der Waals surface area contributed by atoms with Crippen LogP contribution in [0.15, 0.2) is 60.9 Å². The van der Waals surface area contributed by atoms with Crippen molar-refractivity contribution in [3.05, 3.63) is 77.0 Å². The minimum Gasteiger partial charge on any atom is -0.347 e. The number of aryl methyl sites for hydroxylation is 2. The van der Waals surface area contributed by atoms with Gasteiger partial charge in [0.1, 0.15) is 4.91 Å². The third-order valence-electron chi connectivity index (χ3n) is 13.2. The predicted octanol–water partition coefficient (Wildman–Crippen LogP) is 10.0. The summed E-state index contributed by atoms with van der Waals surface area (Å²) in [6, 6.07) is 16.3. The van der Waals surface area contributed by atoms with Crippen LogP contribution < -0.4 is 0 Å². The highest BCUT2D eigenvalue weighted by atomic mass is 17.0. The van der Waals surface area contributed by atoms with E-state index in [1.807, 2.05) is 36.7 Å². The van der Waals surface area contributed by atoms with Crippen LogP contribution in [0.1, 0.15) is 115 Å². The molecule has 2 aliphatic carbocycles. The van der Waals surface area contributed by atoms with E-state index in [1.54, 1.807) is 0 Å². The molecule has 4 aromatic rings. The number of carbonyl (C=O) groups is 2. The topological polar surface area (TPSA) is 82.5 Å². The molecule has 2 aromatic carbocycles. The molecule has 0 spiro atoms. The SMILES string of the molecule is CC1(C)C(C(=O)c2cn(CCCCCO[N+](=O)OCCCCCn3cc(C(=O)C4C(C)(C)C4(C)C)c4ccccc43)c3ccccc23)C1(C)C. The summed E-state index contributed by atoms with van der Waals surface area (Å²) in [5.41, 5.74) is 3.85. The molecule has 0 saturated heterocycles.